The predicted molar refractivity (Wildman–Crippen MR) is 98.3 cm³/mol. The molecule has 0 saturated heterocycles. The molecule has 2 aromatic rings. The summed E-state index contributed by atoms with van der Waals surface area (Å²) in [5.74, 6) is 1.46. The number of nitrogens with one attached hydrogen (secondary N) is 2. The summed E-state index contributed by atoms with van der Waals surface area (Å²) >= 11 is 7.52. The quantitative estimate of drug-likeness (QED) is 0.690. The Kier molecular flexibility index (Phi) is 5.96. The first-order valence-corrected chi connectivity index (χ1v) is 9.17. The first kappa shape index (κ1) is 17.8. The number of ether oxygens (including phenoxy) is 2. The van der Waals surface area contributed by atoms with Crippen LogP contribution in [0, 0.1) is 0 Å². The Morgan fingerprint density at radius 2 is 2.16 bits per heavy atom. The highest BCUT2D eigenvalue weighted by molar-refractivity contribution is 7.16. The molecule has 1 amide bonds. The smallest absolute Gasteiger partial charge is 0.275 e. The molecular formula is C18H20ClN2O3S+. The van der Waals surface area contributed by atoms with Gasteiger partial charge in [0.25, 0.3) is 5.91 Å². The minimum Gasteiger partial charge on any atom is -0.454 e. The maximum absolute atomic E-state index is 12.3. The maximum atomic E-state index is 12.3. The van der Waals surface area contributed by atoms with E-state index in [2.05, 4.69) is 11.9 Å². The van der Waals surface area contributed by atoms with E-state index in [-0.39, 0.29) is 12.7 Å². The second-order valence-electron chi connectivity index (χ2n) is 5.77. The molecule has 132 valence electrons. The molecule has 0 saturated carbocycles. The van der Waals surface area contributed by atoms with Gasteiger partial charge in [-0.2, -0.15) is 0 Å². The predicted octanol–water partition coefficient (Wildman–Crippen LogP) is 2.02. The van der Waals surface area contributed by atoms with Crippen LogP contribution in [0.15, 0.2) is 43.0 Å². The molecule has 1 aromatic carbocycles. The van der Waals surface area contributed by atoms with Gasteiger partial charge in [-0.1, -0.05) is 24.2 Å². The number of rotatable bonds is 8. The van der Waals surface area contributed by atoms with E-state index in [9.17, 15) is 4.79 Å². The normalized spacial score (nSPS) is 13.5. The van der Waals surface area contributed by atoms with Crippen molar-refractivity contribution in [1.29, 1.82) is 0 Å². The summed E-state index contributed by atoms with van der Waals surface area (Å²) in [6.45, 7) is 6.34. The molecular weight excluding hydrogens is 360 g/mol. The molecule has 5 nitrogen and oxygen atoms in total. The molecule has 1 atom stereocenters. The summed E-state index contributed by atoms with van der Waals surface area (Å²) in [6, 6.07) is 9.56. The van der Waals surface area contributed by atoms with Crippen LogP contribution in [-0.4, -0.2) is 25.8 Å². The Labute approximate surface area is 155 Å². The van der Waals surface area contributed by atoms with Crippen molar-refractivity contribution in [3.05, 3.63) is 57.8 Å². The standard InChI is InChI=1S/C18H19ClN2O3S/c1-2-7-21(10-14-4-6-17(19)25-14)11-18(22)20-9-13-3-5-15-16(8-13)24-12-23-15/h2-6,8H,1,7,9-12H2,(H,20,22)/p+1. The number of carbonyl (C=O) groups excluding carboxylic acids is 1. The van der Waals surface area contributed by atoms with Gasteiger partial charge >= 0.3 is 0 Å². The third-order valence-corrected chi connectivity index (χ3v) is 5.05. The average molecular weight is 380 g/mol. The van der Waals surface area contributed by atoms with Gasteiger partial charge < -0.3 is 19.7 Å². The van der Waals surface area contributed by atoms with Gasteiger partial charge in [-0.05, 0) is 35.9 Å². The van der Waals surface area contributed by atoms with Crippen LogP contribution < -0.4 is 19.7 Å². The molecule has 3 rings (SSSR count). The summed E-state index contributed by atoms with van der Waals surface area (Å²) in [7, 11) is 0. The van der Waals surface area contributed by atoms with E-state index in [1.54, 1.807) is 11.3 Å². The van der Waals surface area contributed by atoms with E-state index in [4.69, 9.17) is 21.1 Å². The molecule has 1 unspecified atom stereocenters. The highest BCUT2D eigenvalue weighted by Crippen LogP contribution is 2.32. The number of benzene rings is 1. The van der Waals surface area contributed by atoms with Crippen molar-refractivity contribution in [3.8, 4) is 11.5 Å². The Balaban J connectivity index is 1.51. The largest absolute Gasteiger partial charge is 0.454 e. The molecule has 7 heteroatoms. The minimum absolute atomic E-state index is 0.00262. The van der Waals surface area contributed by atoms with E-state index in [0.717, 1.165) is 37.7 Å². The number of quaternary nitrogens is 1. The SMILES string of the molecule is C=CC[NH+](CC(=O)NCc1ccc2c(c1)OCO2)Cc1ccc(Cl)s1. The fourth-order valence-corrected chi connectivity index (χ4v) is 3.80. The Hall–Kier alpha value is -2.02. The lowest BCUT2D eigenvalue weighted by molar-refractivity contribution is -0.899. The summed E-state index contributed by atoms with van der Waals surface area (Å²) in [5, 5.41) is 2.96. The van der Waals surface area contributed by atoms with Crippen molar-refractivity contribution in [3.63, 3.8) is 0 Å². The molecule has 1 aliphatic heterocycles. The Bertz CT molecular complexity index is 763. The van der Waals surface area contributed by atoms with Crippen molar-refractivity contribution in [2.75, 3.05) is 19.9 Å². The number of halogens is 1. The van der Waals surface area contributed by atoms with Crippen LogP contribution in [0.5, 0.6) is 11.5 Å². The van der Waals surface area contributed by atoms with Crippen LogP contribution in [0.1, 0.15) is 10.4 Å². The van der Waals surface area contributed by atoms with E-state index < -0.39 is 0 Å². The van der Waals surface area contributed by atoms with Gasteiger partial charge in [0.15, 0.2) is 18.0 Å². The third kappa shape index (κ3) is 4.98. The van der Waals surface area contributed by atoms with Crippen molar-refractivity contribution in [2.24, 2.45) is 0 Å². The van der Waals surface area contributed by atoms with Crippen molar-refractivity contribution in [1.82, 2.24) is 5.32 Å². The fourth-order valence-electron chi connectivity index (χ4n) is 2.65. The second-order valence-corrected chi connectivity index (χ2v) is 7.57. The highest BCUT2D eigenvalue weighted by Gasteiger charge is 2.16. The number of thiophene rings is 1. The highest BCUT2D eigenvalue weighted by atomic mass is 35.5. The van der Waals surface area contributed by atoms with Crippen LogP contribution in [-0.2, 0) is 17.9 Å². The van der Waals surface area contributed by atoms with Gasteiger partial charge in [-0.3, -0.25) is 4.79 Å². The molecule has 0 bridgehead atoms. The van der Waals surface area contributed by atoms with Gasteiger partial charge in [0.2, 0.25) is 6.79 Å². The molecule has 0 radical (unpaired) electrons. The van der Waals surface area contributed by atoms with Gasteiger partial charge in [-0.25, -0.2) is 0 Å². The van der Waals surface area contributed by atoms with Gasteiger partial charge in [0.1, 0.15) is 6.54 Å². The van der Waals surface area contributed by atoms with Crippen LogP contribution in [0.4, 0.5) is 0 Å². The number of carbonyl (C=O) groups is 1. The molecule has 25 heavy (non-hydrogen) atoms. The first-order chi connectivity index (χ1) is 12.1. The summed E-state index contributed by atoms with van der Waals surface area (Å²) in [4.78, 5) is 14.6. The zero-order chi connectivity index (χ0) is 17.6. The lowest BCUT2D eigenvalue weighted by Gasteiger charge is -2.16. The second kappa shape index (κ2) is 8.38. The van der Waals surface area contributed by atoms with Crippen LogP contribution in [0.3, 0.4) is 0 Å². The van der Waals surface area contributed by atoms with Gasteiger partial charge in [0.05, 0.1) is 15.8 Å². The zero-order valence-corrected chi connectivity index (χ0v) is 15.3. The molecule has 0 aliphatic carbocycles. The molecule has 1 aliphatic rings. The van der Waals surface area contributed by atoms with E-state index in [1.807, 2.05) is 36.4 Å². The summed E-state index contributed by atoms with van der Waals surface area (Å²) in [5.41, 5.74) is 0.980. The van der Waals surface area contributed by atoms with Crippen LogP contribution >= 0.6 is 22.9 Å². The van der Waals surface area contributed by atoms with Crippen LogP contribution in [0.2, 0.25) is 4.34 Å². The van der Waals surface area contributed by atoms with E-state index >= 15 is 0 Å². The van der Waals surface area contributed by atoms with Crippen molar-refractivity contribution < 1.29 is 19.2 Å². The Morgan fingerprint density at radius 3 is 2.92 bits per heavy atom. The number of hydrogen-bond donors (Lipinski definition) is 2. The maximum Gasteiger partial charge on any atom is 0.275 e. The van der Waals surface area contributed by atoms with Crippen LogP contribution in [0.25, 0.3) is 0 Å². The van der Waals surface area contributed by atoms with E-state index in [0.29, 0.717) is 19.6 Å². The summed E-state index contributed by atoms with van der Waals surface area (Å²) in [6.07, 6.45) is 1.83. The third-order valence-electron chi connectivity index (χ3n) is 3.82. The van der Waals surface area contributed by atoms with Gasteiger partial charge in [-0.15, -0.1) is 11.3 Å². The minimum atomic E-state index is -0.00262. The zero-order valence-electron chi connectivity index (χ0n) is 13.7. The molecule has 0 spiro atoms. The molecule has 0 fully saturated rings. The molecule has 2 N–H and O–H groups in total. The first-order valence-electron chi connectivity index (χ1n) is 7.98. The van der Waals surface area contributed by atoms with E-state index in [1.165, 1.54) is 0 Å². The molecule has 2 heterocycles. The fraction of sp³-hybridized carbons (Fsp3) is 0.278. The number of hydrogen-bond acceptors (Lipinski definition) is 4. The summed E-state index contributed by atoms with van der Waals surface area (Å²) < 4.78 is 11.4. The average Bonchev–Trinajstić information content (AvgIpc) is 3.21. The topological polar surface area (TPSA) is 52.0 Å². The number of fused-ring (bicyclic) bond motifs is 1. The van der Waals surface area contributed by atoms with Crippen molar-refractivity contribution >= 4 is 28.8 Å². The monoisotopic (exact) mass is 379 g/mol. The lowest BCUT2D eigenvalue weighted by atomic mass is 10.2. The lowest BCUT2D eigenvalue weighted by Crippen LogP contribution is -3.11. The number of amides is 1. The van der Waals surface area contributed by atoms with Gasteiger partial charge in [0, 0.05) is 6.54 Å². The van der Waals surface area contributed by atoms with Crippen molar-refractivity contribution in [2.45, 2.75) is 13.1 Å². The Morgan fingerprint density at radius 1 is 1.32 bits per heavy atom. The molecule has 1 aromatic heterocycles.